The molecule has 0 radical (unpaired) electrons. The van der Waals surface area contributed by atoms with Gasteiger partial charge in [0.2, 0.25) is 0 Å². The number of nitro benzene ring substituents is 1. The third-order valence-corrected chi connectivity index (χ3v) is 3.26. The molecule has 0 spiro atoms. The van der Waals surface area contributed by atoms with Crippen LogP contribution in [0.5, 0.6) is 0 Å². The maximum atomic E-state index is 11.2. The average Bonchev–Trinajstić information content (AvgIpc) is 2.39. The first-order chi connectivity index (χ1) is 9.08. The van der Waals surface area contributed by atoms with Crippen molar-refractivity contribution in [3.63, 3.8) is 0 Å². The first-order valence-electron chi connectivity index (χ1n) is 5.32. The fraction of sp³-hybridized carbons (Fsp3) is 0.0833. The lowest BCUT2D eigenvalue weighted by atomic mass is 10.1. The summed E-state index contributed by atoms with van der Waals surface area (Å²) in [7, 11) is 0. The van der Waals surface area contributed by atoms with Crippen LogP contribution in [0, 0.1) is 10.1 Å². The van der Waals surface area contributed by atoms with Crippen molar-refractivity contribution >= 4 is 23.2 Å². The molecule has 0 saturated heterocycles. The SMILES string of the molecule is CC(=O)c1ccc(Sc2ncccn2)c([N+](=O)[O-])c1. The third-order valence-electron chi connectivity index (χ3n) is 2.31. The molecule has 0 saturated carbocycles. The summed E-state index contributed by atoms with van der Waals surface area (Å²) in [4.78, 5) is 30.1. The highest BCUT2D eigenvalue weighted by Gasteiger charge is 2.17. The molecule has 2 aromatic rings. The number of nitro groups is 1. The summed E-state index contributed by atoms with van der Waals surface area (Å²) in [6.45, 7) is 1.37. The second-order valence-electron chi connectivity index (χ2n) is 3.63. The molecule has 1 aromatic carbocycles. The molecular formula is C12H9N3O3S. The van der Waals surface area contributed by atoms with E-state index in [2.05, 4.69) is 9.97 Å². The van der Waals surface area contributed by atoms with Gasteiger partial charge in [-0.25, -0.2) is 9.97 Å². The van der Waals surface area contributed by atoms with E-state index in [9.17, 15) is 14.9 Å². The molecular weight excluding hydrogens is 266 g/mol. The van der Waals surface area contributed by atoms with Gasteiger partial charge in [0, 0.05) is 24.0 Å². The number of carbonyl (C=O) groups is 1. The Morgan fingerprint density at radius 3 is 2.58 bits per heavy atom. The lowest BCUT2D eigenvalue weighted by molar-refractivity contribution is -0.387. The van der Waals surface area contributed by atoms with Gasteiger partial charge in [-0.2, -0.15) is 0 Å². The summed E-state index contributed by atoms with van der Waals surface area (Å²) in [5.74, 6) is -0.212. The van der Waals surface area contributed by atoms with Gasteiger partial charge >= 0.3 is 0 Å². The third kappa shape index (κ3) is 3.14. The van der Waals surface area contributed by atoms with Gasteiger partial charge in [-0.1, -0.05) is 0 Å². The maximum Gasteiger partial charge on any atom is 0.284 e. The molecule has 2 rings (SSSR count). The second kappa shape index (κ2) is 5.57. The lowest BCUT2D eigenvalue weighted by Crippen LogP contribution is -1.97. The average molecular weight is 275 g/mol. The maximum absolute atomic E-state index is 11.2. The van der Waals surface area contributed by atoms with Crippen molar-refractivity contribution in [3.05, 3.63) is 52.3 Å². The van der Waals surface area contributed by atoms with Gasteiger partial charge in [-0.15, -0.1) is 0 Å². The van der Waals surface area contributed by atoms with Gasteiger partial charge in [0.15, 0.2) is 10.9 Å². The fourth-order valence-electron chi connectivity index (χ4n) is 1.40. The Morgan fingerprint density at radius 2 is 2.00 bits per heavy atom. The van der Waals surface area contributed by atoms with Crippen molar-refractivity contribution in [3.8, 4) is 0 Å². The van der Waals surface area contributed by atoms with Crippen LogP contribution in [-0.4, -0.2) is 20.7 Å². The normalized spacial score (nSPS) is 10.2. The number of aromatic nitrogens is 2. The van der Waals surface area contributed by atoms with E-state index >= 15 is 0 Å². The van der Waals surface area contributed by atoms with Crippen LogP contribution >= 0.6 is 11.8 Å². The van der Waals surface area contributed by atoms with Crippen molar-refractivity contribution in [1.29, 1.82) is 0 Å². The Labute approximate surface area is 113 Å². The van der Waals surface area contributed by atoms with Crippen LogP contribution in [0.25, 0.3) is 0 Å². The minimum atomic E-state index is -0.516. The molecule has 1 aromatic heterocycles. The van der Waals surface area contributed by atoms with Crippen LogP contribution in [0.4, 0.5) is 5.69 Å². The number of benzene rings is 1. The zero-order chi connectivity index (χ0) is 13.8. The number of hydrogen-bond acceptors (Lipinski definition) is 6. The van der Waals surface area contributed by atoms with Gasteiger partial charge in [-0.05, 0) is 36.9 Å². The number of nitrogens with zero attached hydrogens (tertiary/aromatic N) is 3. The summed E-state index contributed by atoms with van der Waals surface area (Å²) in [6, 6.07) is 6.03. The number of carbonyl (C=O) groups excluding carboxylic acids is 1. The predicted octanol–water partition coefficient (Wildman–Crippen LogP) is 2.74. The smallest absolute Gasteiger partial charge is 0.284 e. The summed E-state index contributed by atoms with van der Waals surface area (Å²) in [5, 5.41) is 11.4. The number of hydrogen-bond donors (Lipinski definition) is 0. The largest absolute Gasteiger partial charge is 0.295 e. The van der Waals surface area contributed by atoms with Crippen molar-refractivity contribution in [2.24, 2.45) is 0 Å². The minimum Gasteiger partial charge on any atom is -0.295 e. The molecule has 0 atom stereocenters. The highest BCUT2D eigenvalue weighted by Crippen LogP contribution is 2.33. The molecule has 0 amide bonds. The van der Waals surface area contributed by atoms with Gasteiger partial charge in [0.25, 0.3) is 5.69 Å². The Kier molecular flexibility index (Phi) is 3.86. The first-order valence-corrected chi connectivity index (χ1v) is 6.14. The fourth-order valence-corrected chi connectivity index (χ4v) is 2.20. The lowest BCUT2D eigenvalue weighted by Gasteiger charge is -2.03. The Balaban J connectivity index is 2.40. The zero-order valence-electron chi connectivity index (χ0n) is 9.94. The molecule has 6 nitrogen and oxygen atoms in total. The van der Waals surface area contributed by atoms with Crippen LogP contribution in [0.3, 0.4) is 0 Å². The van der Waals surface area contributed by atoms with Gasteiger partial charge in [0.05, 0.1) is 9.82 Å². The van der Waals surface area contributed by atoms with Gasteiger partial charge in [-0.3, -0.25) is 14.9 Å². The van der Waals surface area contributed by atoms with E-state index in [-0.39, 0.29) is 11.5 Å². The van der Waals surface area contributed by atoms with E-state index in [0.717, 1.165) is 11.8 Å². The van der Waals surface area contributed by atoms with Gasteiger partial charge in [0.1, 0.15) is 0 Å². The molecule has 0 fully saturated rings. The summed E-state index contributed by atoms with van der Waals surface area (Å²) < 4.78 is 0. The van der Waals surface area contributed by atoms with E-state index in [1.807, 2.05) is 0 Å². The predicted molar refractivity (Wildman–Crippen MR) is 69.3 cm³/mol. The molecule has 19 heavy (non-hydrogen) atoms. The molecule has 7 heteroatoms. The van der Waals surface area contributed by atoms with Crippen molar-refractivity contribution in [1.82, 2.24) is 9.97 Å². The molecule has 0 bridgehead atoms. The summed E-state index contributed by atoms with van der Waals surface area (Å²) >= 11 is 1.09. The summed E-state index contributed by atoms with van der Waals surface area (Å²) in [5.41, 5.74) is 0.190. The van der Waals surface area contributed by atoms with Crippen molar-refractivity contribution < 1.29 is 9.72 Å². The van der Waals surface area contributed by atoms with Crippen LogP contribution in [0.1, 0.15) is 17.3 Å². The van der Waals surface area contributed by atoms with E-state index in [1.54, 1.807) is 24.5 Å². The standard InChI is InChI=1S/C12H9N3O3S/c1-8(16)9-3-4-11(10(7-9)15(17)18)19-12-13-5-2-6-14-12/h2-7H,1H3. The molecule has 0 aliphatic rings. The zero-order valence-corrected chi connectivity index (χ0v) is 10.8. The molecule has 0 aliphatic heterocycles. The highest BCUT2D eigenvalue weighted by atomic mass is 32.2. The van der Waals surface area contributed by atoms with Crippen LogP contribution in [0.2, 0.25) is 0 Å². The molecule has 0 N–H and O–H groups in total. The molecule has 0 aliphatic carbocycles. The van der Waals surface area contributed by atoms with Gasteiger partial charge < -0.3 is 0 Å². The number of Topliss-reactive ketones (excluding diaryl/α,β-unsaturated/α-hetero) is 1. The Bertz CT molecular complexity index is 631. The number of rotatable bonds is 4. The second-order valence-corrected chi connectivity index (χ2v) is 4.64. The van der Waals surface area contributed by atoms with Crippen LogP contribution in [0.15, 0.2) is 46.7 Å². The Morgan fingerprint density at radius 1 is 1.32 bits per heavy atom. The van der Waals surface area contributed by atoms with E-state index < -0.39 is 4.92 Å². The van der Waals surface area contributed by atoms with Crippen LogP contribution < -0.4 is 0 Å². The van der Waals surface area contributed by atoms with Crippen molar-refractivity contribution in [2.75, 3.05) is 0 Å². The summed E-state index contributed by atoms with van der Waals surface area (Å²) in [6.07, 6.45) is 3.12. The topological polar surface area (TPSA) is 86.0 Å². The monoisotopic (exact) mass is 275 g/mol. The number of ketones is 1. The Hall–Kier alpha value is -2.28. The van der Waals surface area contributed by atoms with Crippen LogP contribution in [-0.2, 0) is 0 Å². The van der Waals surface area contributed by atoms with Crippen molar-refractivity contribution in [2.45, 2.75) is 17.0 Å². The highest BCUT2D eigenvalue weighted by molar-refractivity contribution is 7.99. The molecule has 96 valence electrons. The van der Waals surface area contributed by atoms with E-state index in [4.69, 9.17) is 0 Å². The molecule has 0 unspecified atom stereocenters. The van der Waals surface area contributed by atoms with E-state index in [1.165, 1.54) is 19.1 Å². The van der Waals surface area contributed by atoms with E-state index in [0.29, 0.717) is 15.6 Å². The molecule has 1 heterocycles. The first kappa shape index (κ1) is 13.2. The quantitative estimate of drug-likeness (QED) is 0.369. The minimum absolute atomic E-state index is 0.120.